The number of Topliss-reactive ketones (excluding diaryl/α,β-unsaturated/α-hetero) is 4. The van der Waals surface area contributed by atoms with Crippen molar-refractivity contribution in [2.45, 2.75) is 90.0 Å². The van der Waals surface area contributed by atoms with Crippen LogP contribution < -0.4 is 0 Å². The second-order valence-corrected chi connectivity index (χ2v) is 17.7. The summed E-state index contributed by atoms with van der Waals surface area (Å²) in [5.41, 5.74) is -7.20. The van der Waals surface area contributed by atoms with Crippen LogP contribution in [0.3, 0.4) is 0 Å². The van der Waals surface area contributed by atoms with Crippen LogP contribution in [0.2, 0.25) is 0 Å². The molecule has 0 fully saturated rings. The Balaban J connectivity index is 8.07. The van der Waals surface area contributed by atoms with Crippen LogP contribution in [-0.2, 0) is 28.7 Å². The van der Waals surface area contributed by atoms with Gasteiger partial charge in [0.2, 0.25) is 17.2 Å². The molecule has 0 unspecified atom stereocenters. The molecular formula is C21H30Br4O9. The molecule has 0 aliphatic carbocycles. The Labute approximate surface area is 232 Å². The van der Waals surface area contributed by atoms with E-state index < -0.39 is 70.3 Å². The third-order valence-electron chi connectivity index (χ3n) is 4.73. The molecule has 0 radical (unpaired) electrons. The summed E-state index contributed by atoms with van der Waals surface area (Å²) >= 11 is 12.1. The van der Waals surface area contributed by atoms with Gasteiger partial charge >= 0.3 is 5.97 Å². The Kier molecular flexibility index (Phi) is 10.7. The van der Waals surface area contributed by atoms with Crippen molar-refractivity contribution in [3.63, 3.8) is 0 Å². The zero-order valence-electron chi connectivity index (χ0n) is 20.1. The van der Waals surface area contributed by atoms with E-state index >= 15 is 0 Å². The summed E-state index contributed by atoms with van der Waals surface area (Å²) in [5, 5.41) is 32.3. The van der Waals surface area contributed by atoms with Gasteiger partial charge in [0.05, 0.1) is 19.6 Å². The highest BCUT2D eigenvalue weighted by Gasteiger charge is 2.75. The first kappa shape index (κ1) is 34.0. The molecule has 3 atom stereocenters. The SMILES string of the molecule is CC(C)(Br)C(=O)O[C@@](C(=O)C(=O)C(C)(C)Br)(C(=O)C(C)(C)Br)[C@@](O)(C(=O)C(C)(C)Br)[C@H](O)CO. The normalized spacial score (nSPS) is 17.7. The van der Waals surface area contributed by atoms with Crippen molar-refractivity contribution in [2.75, 3.05) is 6.61 Å². The van der Waals surface area contributed by atoms with Gasteiger partial charge in [0, 0.05) is 0 Å². The van der Waals surface area contributed by atoms with Crippen molar-refractivity contribution in [3.05, 3.63) is 0 Å². The van der Waals surface area contributed by atoms with Crippen molar-refractivity contribution in [1.82, 2.24) is 0 Å². The molecule has 9 nitrogen and oxygen atoms in total. The van der Waals surface area contributed by atoms with Crippen molar-refractivity contribution < 1.29 is 44.0 Å². The number of hydrogen-bond acceptors (Lipinski definition) is 9. The molecule has 0 rings (SSSR count). The first-order chi connectivity index (χ1) is 14.7. The van der Waals surface area contributed by atoms with Crippen LogP contribution in [0.15, 0.2) is 0 Å². The van der Waals surface area contributed by atoms with E-state index in [-0.39, 0.29) is 0 Å². The summed E-state index contributed by atoms with van der Waals surface area (Å²) in [6.45, 7) is 8.69. The van der Waals surface area contributed by atoms with E-state index in [4.69, 9.17) is 4.74 Å². The average molecular weight is 746 g/mol. The Hall–Kier alpha value is -0.0500. The van der Waals surface area contributed by atoms with Crippen molar-refractivity contribution in [1.29, 1.82) is 0 Å². The predicted molar refractivity (Wildman–Crippen MR) is 139 cm³/mol. The van der Waals surface area contributed by atoms with Crippen LogP contribution in [0.25, 0.3) is 0 Å². The van der Waals surface area contributed by atoms with E-state index in [1.165, 1.54) is 55.4 Å². The fraction of sp³-hybridized carbons (Fsp3) is 0.762. The molecule has 0 saturated carbocycles. The Morgan fingerprint density at radius 2 is 1.09 bits per heavy atom. The third-order valence-corrected chi connectivity index (χ3v) is 6.14. The Bertz CT molecular complexity index is 859. The number of ketones is 4. The van der Waals surface area contributed by atoms with E-state index in [1.807, 2.05) is 0 Å². The van der Waals surface area contributed by atoms with Gasteiger partial charge in [-0.25, -0.2) is 0 Å². The first-order valence-corrected chi connectivity index (χ1v) is 13.1. The number of carbonyl (C=O) groups is 5. The molecule has 0 aromatic carbocycles. The summed E-state index contributed by atoms with van der Waals surface area (Å²) in [6.07, 6.45) is -2.53. The molecule has 0 bridgehead atoms. The van der Waals surface area contributed by atoms with Gasteiger partial charge in [0.15, 0.2) is 5.78 Å². The number of hydrogen-bond donors (Lipinski definition) is 3. The summed E-state index contributed by atoms with van der Waals surface area (Å²) in [7, 11) is 0. The monoisotopic (exact) mass is 742 g/mol. The number of halogens is 4. The van der Waals surface area contributed by atoms with Gasteiger partial charge < -0.3 is 20.1 Å². The molecule has 3 N–H and O–H groups in total. The molecule has 196 valence electrons. The maximum absolute atomic E-state index is 13.9. The largest absolute Gasteiger partial charge is 0.437 e. The lowest BCUT2D eigenvalue weighted by Crippen LogP contribution is -2.79. The van der Waals surface area contributed by atoms with Crippen molar-refractivity contribution >= 4 is 92.8 Å². The molecule has 0 aliphatic heterocycles. The smallest absolute Gasteiger partial charge is 0.323 e. The van der Waals surface area contributed by atoms with Gasteiger partial charge in [0.1, 0.15) is 10.4 Å². The van der Waals surface area contributed by atoms with Crippen LogP contribution in [0.4, 0.5) is 0 Å². The highest BCUT2D eigenvalue weighted by atomic mass is 79.9. The molecule has 0 aromatic heterocycles. The molecule has 0 spiro atoms. The minimum absolute atomic E-state index is 1.23. The number of alkyl halides is 4. The second-order valence-electron chi connectivity index (χ2n) is 9.74. The van der Waals surface area contributed by atoms with Gasteiger partial charge in [-0.3, -0.25) is 24.0 Å². The molecule has 0 aromatic rings. The maximum Gasteiger partial charge on any atom is 0.323 e. The van der Waals surface area contributed by atoms with Crippen LogP contribution in [0, 0.1) is 0 Å². The molecule has 34 heavy (non-hydrogen) atoms. The van der Waals surface area contributed by atoms with Crippen LogP contribution in [-0.4, -0.2) is 85.6 Å². The number of aliphatic hydroxyl groups is 3. The zero-order chi connectivity index (χ0) is 27.9. The first-order valence-electron chi connectivity index (χ1n) is 9.93. The van der Waals surface area contributed by atoms with Crippen molar-refractivity contribution in [3.8, 4) is 0 Å². The number of rotatable bonds is 12. The van der Waals surface area contributed by atoms with Gasteiger partial charge in [-0.05, 0) is 55.4 Å². The lowest BCUT2D eigenvalue weighted by molar-refractivity contribution is -0.222. The zero-order valence-corrected chi connectivity index (χ0v) is 26.4. The summed E-state index contributed by atoms with van der Waals surface area (Å²) in [5.74, 6) is -7.26. The predicted octanol–water partition coefficient (Wildman–Crippen LogP) is 2.32. The lowest BCUT2D eigenvalue weighted by atomic mass is 9.65. The van der Waals surface area contributed by atoms with Gasteiger partial charge in [-0.2, -0.15) is 0 Å². The fourth-order valence-electron chi connectivity index (χ4n) is 2.86. The standard InChI is InChI=1S/C21H30Br4O9/c1-16(2,22)11(28)12(29)21(14(31)18(5,6)24,34-15(32)19(7,8)25)20(33,10(27)9-26)13(30)17(3,4)23/h10,26-27,33H,9H2,1-8H3/t10-,20+,21+/m1/s1. The highest BCUT2D eigenvalue weighted by molar-refractivity contribution is 9.10. The third kappa shape index (κ3) is 6.63. The fourth-order valence-corrected chi connectivity index (χ4v) is 3.70. The average Bonchev–Trinajstić information content (AvgIpc) is 2.65. The maximum atomic E-state index is 13.9. The molecule has 0 amide bonds. The Morgan fingerprint density at radius 1 is 0.706 bits per heavy atom. The summed E-state index contributed by atoms with van der Waals surface area (Å²) < 4.78 is -1.37. The van der Waals surface area contributed by atoms with Crippen LogP contribution >= 0.6 is 63.7 Å². The van der Waals surface area contributed by atoms with E-state index in [0.717, 1.165) is 0 Å². The van der Waals surface area contributed by atoms with Crippen LogP contribution in [0.1, 0.15) is 55.4 Å². The molecule has 0 aliphatic rings. The van der Waals surface area contributed by atoms with E-state index in [1.54, 1.807) is 0 Å². The van der Waals surface area contributed by atoms with Gasteiger partial charge in [-0.1, -0.05) is 63.7 Å². The second kappa shape index (κ2) is 10.7. The summed E-state index contributed by atoms with van der Waals surface area (Å²) in [4.78, 5) is 67.4. The van der Waals surface area contributed by atoms with E-state index in [9.17, 15) is 39.3 Å². The number of ether oxygens (including phenoxy) is 1. The molecular weight excluding hydrogens is 716 g/mol. The van der Waals surface area contributed by atoms with E-state index in [2.05, 4.69) is 63.7 Å². The van der Waals surface area contributed by atoms with Gasteiger partial charge in [-0.15, -0.1) is 0 Å². The quantitative estimate of drug-likeness (QED) is 0.118. The lowest BCUT2D eigenvalue weighted by Gasteiger charge is -2.48. The molecule has 0 heterocycles. The highest BCUT2D eigenvalue weighted by Crippen LogP contribution is 2.44. The summed E-state index contributed by atoms with van der Waals surface area (Å²) in [6, 6.07) is 0. The minimum Gasteiger partial charge on any atom is -0.437 e. The topological polar surface area (TPSA) is 155 Å². The van der Waals surface area contributed by atoms with Gasteiger partial charge in [0.25, 0.3) is 11.4 Å². The molecule has 13 heteroatoms. The number of esters is 1. The van der Waals surface area contributed by atoms with Crippen molar-refractivity contribution in [2.24, 2.45) is 0 Å². The van der Waals surface area contributed by atoms with Crippen LogP contribution in [0.5, 0.6) is 0 Å². The number of aliphatic hydroxyl groups excluding tert-OH is 2. The Morgan fingerprint density at radius 3 is 1.35 bits per heavy atom. The number of carbonyl (C=O) groups excluding carboxylic acids is 5. The minimum atomic E-state index is -3.60. The molecule has 0 saturated heterocycles. The van der Waals surface area contributed by atoms with E-state index in [0.29, 0.717) is 0 Å².